The molecule has 1 heterocycles. The predicted molar refractivity (Wildman–Crippen MR) is 114 cm³/mol. The van der Waals surface area contributed by atoms with Gasteiger partial charge in [0, 0.05) is 5.92 Å². The molecular weight excluding hydrogens is 418 g/mol. The molecule has 0 saturated carbocycles. The fourth-order valence-electron chi connectivity index (χ4n) is 3.53. The molecule has 8 nitrogen and oxygen atoms in total. The van der Waals surface area contributed by atoms with E-state index < -0.39 is 18.0 Å². The van der Waals surface area contributed by atoms with Crippen LogP contribution in [-0.2, 0) is 16.1 Å². The van der Waals surface area contributed by atoms with Crippen LogP contribution in [-0.4, -0.2) is 41.2 Å². The quantitative estimate of drug-likeness (QED) is 0.523. The number of alkyl carbamates (subject to hydrolysis) is 1. The first-order chi connectivity index (χ1) is 15.0. The Kier molecular flexibility index (Phi) is 5.94. The van der Waals surface area contributed by atoms with E-state index in [2.05, 4.69) is 27.8 Å². The monoisotopic (exact) mass is 437 g/mol. The van der Waals surface area contributed by atoms with Crippen molar-refractivity contribution in [2.24, 2.45) is 0 Å². The molecule has 4 rings (SSSR count). The van der Waals surface area contributed by atoms with Crippen LogP contribution in [0.2, 0.25) is 0 Å². The highest BCUT2D eigenvalue weighted by Gasteiger charge is 2.29. The van der Waals surface area contributed by atoms with Gasteiger partial charge in [0.1, 0.15) is 23.0 Å². The summed E-state index contributed by atoms with van der Waals surface area (Å²) in [6, 6.07) is 16.1. The number of thiazole rings is 1. The Labute approximate surface area is 181 Å². The molecule has 1 aliphatic carbocycles. The number of rotatable bonds is 7. The number of carboxylic acids is 1. The smallest absolute Gasteiger partial charge is 0.407 e. The Balaban J connectivity index is 1.26. The summed E-state index contributed by atoms with van der Waals surface area (Å²) in [6.07, 6.45) is 0.558. The largest absolute Gasteiger partial charge is 0.477 e. The lowest BCUT2D eigenvalue weighted by molar-refractivity contribution is -0.120. The second kappa shape index (κ2) is 8.97. The van der Waals surface area contributed by atoms with Gasteiger partial charge in [0.25, 0.3) is 0 Å². The van der Waals surface area contributed by atoms with Gasteiger partial charge in [-0.15, -0.1) is 11.3 Å². The lowest BCUT2D eigenvalue weighted by Gasteiger charge is -2.14. The molecule has 0 unspecified atom stereocenters. The standard InChI is InChI=1S/C22H19N3O5S/c26-19(23-11-20-24-9-18(31-20)21(27)28)10-25-22(29)30-12-17-15-7-3-1-5-13(15)14-6-2-4-8-16(14)17/h1-9,17H,10-12H2,(H,23,26)(H,25,29)(H,27,28). The third-order valence-electron chi connectivity index (χ3n) is 4.94. The third kappa shape index (κ3) is 4.56. The number of carboxylic acid groups (broad SMARTS) is 1. The Bertz CT molecular complexity index is 1100. The van der Waals surface area contributed by atoms with E-state index in [0.29, 0.717) is 5.01 Å². The molecule has 158 valence electrons. The molecule has 31 heavy (non-hydrogen) atoms. The van der Waals surface area contributed by atoms with Crippen molar-refractivity contribution in [2.45, 2.75) is 12.5 Å². The van der Waals surface area contributed by atoms with Gasteiger partial charge >= 0.3 is 12.1 Å². The molecule has 0 bridgehead atoms. The van der Waals surface area contributed by atoms with Crippen molar-refractivity contribution in [1.29, 1.82) is 0 Å². The van der Waals surface area contributed by atoms with Gasteiger partial charge in [0.05, 0.1) is 12.7 Å². The molecule has 9 heteroatoms. The Morgan fingerprint density at radius 1 is 1.00 bits per heavy atom. The summed E-state index contributed by atoms with van der Waals surface area (Å²) in [7, 11) is 0. The molecular formula is C22H19N3O5S. The van der Waals surface area contributed by atoms with Crippen molar-refractivity contribution in [1.82, 2.24) is 15.6 Å². The van der Waals surface area contributed by atoms with E-state index in [1.807, 2.05) is 36.4 Å². The SMILES string of the molecule is O=C(CNC(=O)OCC1c2ccccc2-c2ccccc21)NCc1ncc(C(=O)O)s1. The van der Waals surface area contributed by atoms with Crippen LogP contribution in [0, 0.1) is 0 Å². The van der Waals surface area contributed by atoms with Crippen LogP contribution >= 0.6 is 11.3 Å². The predicted octanol–water partition coefficient (Wildman–Crippen LogP) is 3.00. The van der Waals surface area contributed by atoms with Crippen LogP contribution in [0.4, 0.5) is 4.79 Å². The lowest BCUT2D eigenvalue weighted by Crippen LogP contribution is -2.37. The molecule has 3 N–H and O–H groups in total. The average Bonchev–Trinajstić information content (AvgIpc) is 3.38. The van der Waals surface area contributed by atoms with Crippen molar-refractivity contribution >= 4 is 29.3 Å². The highest BCUT2D eigenvalue weighted by atomic mass is 32.1. The minimum absolute atomic E-state index is 0.0553. The molecule has 2 aromatic carbocycles. The molecule has 1 aliphatic rings. The van der Waals surface area contributed by atoms with Gasteiger partial charge < -0.3 is 20.5 Å². The fraction of sp³-hybridized carbons (Fsp3) is 0.182. The topological polar surface area (TPSA) is 118 Å². The molecule has 3 aromatic rings. The molecule has 0 fully saturated rings. The Hall–Kier alpha value is -3.72. The van der Waals surface area contributed by atoms with Gasteiger partial charge in [0.15, 0.2) is 0 Å². The number of carbonyl (C=O) groups excluding carboxylic acids is 2. The first-order valence-electron chi connectivity index (χ1n) is 9.56. The first kappa shape index (κ1) is 20.5. The highest BCUT2D eigenvalue weighted by molar-refractivity contribution is 7.13. The van der Waals surface area contributed by atoms with Gasteiger partial charge in [-0.05, 0) is 22.3 Å². The van der Waals surface area contributed by atoms with Crippen LogP contribution in [0.5, 0.6) is 0 Å². The van der Waals surface area contributed by atoms with Gasteiger partial charge in [0.2, 0.25) is 5.91 Å². The zero-order valence-electron chi connectivity index (χ0n) is 16.3. The number of aromatic carboxylic acids is 1. The number of nitrogens with one attached hydrogen (secondary N) is 2. The number of carbonyl (C=O) groups is 3. The van der Waals surface area contributed by atoms with E-state index in [9.17, 15) is 14.4 Å². The summed E-state index contributed by atoms with van der Waals surface area (Å²) in [5.74, 6) is -1.55. The minimum atomic E-state index is -1.06. The molecule has 1 aromatic heterocycles. The van der Waals surface area contributed by atoms with Crippen molar-refractivity contribution < 1.29 is 24.2 Å². The second-order valence-corrected chi connectivity index (χ2v) is 7.99. The Morgan fingerprint density at radius 2 is 1.65 bits per heavy atom. The minimum Gasteiger partial charge on any atom is -0.477 e. The number of benzene rings is 2. The molecule has 2 amide bonds. The lowest BCUT2D eigenvalue weighted by atomic mass is 9.98. The van der Waals surface area contributed by atoms with E-state index in [-0.39, 0.29) is 30.5 Å². The second-order valence-electron chi connectivity index (χ2n) is 6.88. The van der Waals surface area contributed by atoms with E-state index >= 15 is 0 Å². The summed E-state index contributed by atoms with van der Waals surface area (Å²) in [6.45, 7) is -0.00442. The average molecular weight is 437 g/mol. The molecule has 0 radical (unpaired) electrons. The fourth-order valence-corrected chi connectivity index (χ4v) is 4.23. The van der Waals surface area contributed by atoms with Crippen molar-refractivity contribution in [3.05, 3.63) is 75.7 Å². The summed E-state index contributed by atoms with van der Waals surface area (Å²) in [5.41, 5.74) is 4.50. The number of ether oxygens (including phenoxy) is 1. The van der Waals surface area contributed by atoms with Crippen LogP contribution in [0.25, 0.3) is 11.1 Å². The van der Waals surface area contributed by atoms with E-state index in [1.165, 1.54) is 6.20 Å². The zero-order chi connectivity index (χ0) is 21.8. The number of nitrogens with zero attached hydrogens (tertiary/aromatic N) is 1. The number of amides is 2. The summed E-state index contributed by atoms with van der Waals surface area (Å²) in [5, 5.41) is 14.4. The van der Waals surface area contributed by atoms with Crippen LogP contribution < -0.4 is 10.6 Å². The summed E-state index contributed by atoms with van der Waals surface area (Å²) < 4.78 is 5.38. The summed E-state index contributed by atoms with van der Waals surface area (Å²) >= 11 is 0.981. The maximum atomic E-state index is 12.1. The van der Waals surface area contributed by atoms with Crippen LogP contribution in [0.15, 0.2) is 54.7 Å². The third-order valence-corrected chi connectivity index (χ3v) is 5.92. The number of hydrogen-bond donors (Lipinski definition) is 3. The van der Waals surface area contributed by atoms with E-state index in [0.717, 1.165) is 33.6 Å². The maximum Gasteiger partial charge on any atom is 0.407 e. The number of hydrogen-bond acceptors (Lipinski definition) is 6. The zero-order valence-corrected chi connectivity index (χ0v) is 17.1. The molecule has 0 atom stereocenters. The maximum absolute atomic E-state index is 12.1. The van der Waals surface area contributed by atoms with Crippen molar-refractivity contribution in [3.63, 3.8) is 0 Å². The van der Waals surface area contributed by atoms with Gasteiger partial charge in [-0.3, -0.25) is 4.79 Å². The van der Waals surface area contributed by atoms with Crippen LogP contribution in [0.3, 0.4) is 0 Å². The molecule has 0 aliphatic heterocycles. The highest BCUT2D eigenvalue weighted by Crippen LogP contribution is 2.44. The number of fused-ring (bicyclic) bond motifs is 3. The summed E-state index contributed by atoms with van der Waals surface area (Å²) in [4.78, 5) is 38.9. The van der Waals surface area contributed by atoms with Gasteiger partial charge in [-0.25, -0.2) is 14.6 Å². The van der Waals surface area contributed by atoms with E-state index in [1.54, 1.807) is 0 Å². The van der Waals surface area contributed by atoms with Crippen molar-refractivity contribution in [3.8, 4) is 11.1 Å². The van der Waals surface area contributed by atoms with Gasteiger partial charge in [-0.1, -0.05) is 48.5 Å². The first-order valence-corrected chi connectivity index (χ1v) is 10.4. The van der Waals surface area contributed by atoms with Gasteiger partial charge in [-0.2, -0.15) is 0 Å². The Morgan fingerprint density at radius 3 is 2.26 bits per heavy atom. The number of aromatic nitrogens is 1. The van der Waals surface area contributed by atoms with Crippen LogP contribution in [0.1, 0.15) is 31.7 Å². The normalized spacial score (nSPS) is 12.0. The molecule has 0 saturated heterocycles. The molecule has 0 spiro atoms. The van der Waals surface area contributed by atoms with Crippen molar-refractivity contribution in [2.75, 3.05) is 13.2 Å². The van der Waals surface area contributed by atoms with E-state index in [4.69, 9.17) is 9.84 Å².